The van der Waals surface area contributed by atoms with Crippen LogP contribution in [0.3, 0.4) is 0 Å². The average Bonchev–Trinajstić information content (AvgIpc) is 3.00. The van der Waals surface area contributed by atoms with Crippen LogP contribution in [0.5, 0.6) is 0 Å². The number of imide groups is 1. The molecule has 1 aromatic rings. The first-order valence-electron chi connectivity index (χ1n) is 10.7. The largest absolute Gasteiger partial charge is 0.382 e. The van der Waals surface area contributed by atoms with Crippen LogP contribution in [-0.4, -0.2) is 67.7 Å². The number of carbonyl (C=O) groups is 3. The zero-order valence-electron chi connectivity index (χ0n) is 18.5. The summed E-state index contributed by atoms with van der Waals surface area (Å²) >= 11 is 6.26. The number of hydrogen-bond donors (Lipinski definition) is 2. The van der Waals surface area contributed by atoms with Gasteiger partial charge >= 0.3 is 6.03 Å². The van der Waals surface area contributed by atoms with E-state index < -0.39 is 23.4 Å². The van der Waals surface area contributed by atoms with Crippen molar-refractivity contribution in [2.24, 2.45) is 5.92 Å². The Morgan fingerprint density at radius 2 is 2.10 bits per heavy atom. The van der Waals surface area contributed by atoms with E-state index in [4.69, 9.17) is 16.3 Å². The second-order valence-corrected chi connectivity index (χ2v) is 8.89. The van der Waals surface area contributed by atoms with Gasteiger partial charge in [-0.15, -0.1) is 0 Å². The maximum Gasteiger partial charge on any atom is 0.322 e. The summed E-state index contributed by atoms with van der Waals surface area (Å²) < 4.78 is 5.16. The van der Waals surface area contributed by atoms with Crippen molar-refractivity contribution in [1.29, 1.82) is 0 Å². The van der Waals surface area contributed by atoms with E-state index in [1.807, 2.05) is 17.0 Å². The third kappa shape index (κ3) is 4.80. The number of urea groups is 1. The van der Waals surface area contributed by atoms with Crippen LogP contribution < -0.4 is 15.5 Å². The van der Waals surface area contributed by atoms with Gasteiger partial charge in [-0.1, -0.05) is 25.4 Å². The molecule has 4 amide bonds. The third-order valence-corrected chi connectivity index (χ3v) is 6.53. The Hall–Kier alpha value is -2.32. The molecule has 2 N–H and O–H groups in total. The Morgan fingerprint density at radius 3 is 2.68 bits per heavy atom. The molecule has 2 fully saturated rings. The molecule has 2 aliphatic rings. The van der Waals surface area contributed by atoms with Gasteiger partial charge in [-0.25, -0.2) is 4.79 Å². The van der Waals surface area contributed by atoms with Gasteiger partial charge in [-0.3, -0.25) is 14.9 Å². The summed E-state index contributed by atoms with van der Waals surface area (Å²) in [5.41, 5.74) is 1.01. The van der Waals surface area contributed by atoms with E-state index in [1.165, 1.54) is 7.11 Å². The summed E-state index contributed by atoms with van der Waals surface area (Å²) in [6.07, 6.45) is 1.05. The van der Waals surface area contributed by atoms with Crippen LogP contribution in [0.15, 0.2) is 18.2 Å². The van der Waals surface area contributed by atoms with Gasteiger partial charge in [0.15, 0.2) is 0 Å². The van der Waals surface area contributed by atoms with Crippen LogP contribution in [0.25, 0.3) is 0 Å². The van der Waals surface area contributed by atoms with Crippen LogP contribution in [0.1, 0.15) is 32.8 Å². The van der Waals surface area contributed by atoms with Crippen molar-refractivity contribution in [3.8, 4) is 0 Å². The molecule has 9 heteroatoms. The molecular formula is C22H31ClN4O4. The van der Waals surface area contributed by atoms with Crippen molar-refractivity contribution in [1.82, 2.24) is 15.5 Å². The van der Waals surface area contributed by atoms with Crippen molar-refractivity contribution in [3.05, 3.63) is 28.8 Å². The maximum atomic E-state index is 13.2. The molecule has 2 unspecified atom stereocenters. The number of anilines is 1. The van der Waals surface area contributed by atoms with Crippen LogP contribution in [-0.2, 0) is 20.7 Å². The van der Waals surface area contributed by atoms with E-state index in [0.29, 0.717) is 19.6 Å². The minimum Gasteiger partial charge on any atom is -0.382 e. The summed E-state index contributed by atoms with van der Waals surface area (Å²) in [5, 5.41) is 5.67. The second kappa shape index (κ2) is 9.44. The molecule has 2 heterocycles. The van der Waals surface area contributed by atoms with Crippen molar-refractivity contribution >= 4 is 35.1 Å². The SMILES string of the molecule is CCc1cc(N2CCN(C(=O)C(C)CC3(COC)NC(=O)NC3=O)C[C@@H]2C)ccc1Cl. The van der Waals surface area contributed by atoms with E-state index in [9.17, 15) is 14.4 Å². The zero-order valence-corrected chi connectivity index (χ0v) is 19.3. The van der Waals surface area contributed by atoms with E-state index in [-0.39, 0.29) is 25.0 Å². The van der Waals surface area contributed by atoms with Gasteiger partial charge in [0.05, 0.1) is 6.61 Å². The fraction of sp³-hybridized carbons (Fsp3) is 0.591. The van der Waals surface area contributed by atoms with E-state index in [2.05, 4.69) is 35.4 Å². The minimum absolute atomic E-state index is 0.0166. The molecule has 31 heavy (non-hydrogen) atoms. The van der Waals surface area contributed by atoms with E-state index in [0.717, 1.165) is 22.7 Å². The molecule has 3 rings (SSSR count). The summed E-state index contributed by atoms with van der Waals surface area (Å²) in [6, 6.07) is 5.65. The van der Waals surface area contributed by atoms with E-state index >= 15 is 0 Å². The number of hydrogen-bond acceptors (Lipinski definition) is 5. The highest BCUT2D eigenvalue weighted by molar-refractivity contribution is 6.31. The molecule has 0 aromatic heterocycles. The predicted octanol–water partition coefficient (Wildman–Crippen LogP) is 2.19. The van der Waals surface area contributed by atoms with Gasteiger partial charge in [-0.05, 0) is 43.5 Å². The summed E-state index contributed by atoms with van der Waals surface area (Å²) in [4.78, 5) is 41.3. The molecule has 0 aliphatic carbocycles. The molecule has 170 valence electrons. The number of rotatable bonds is 7. The highest BCUT2D eigenvalue weighted by atomic mass is 35.5. The lowest BCUT2D eigenvalue weighted by Gasteiger charge is -2.42. The summed E-state index contributed by atoms with van der Waals surface area (Å²) in [5.74, 6) is -0.923. The van der Waals surface area contributed by atoms with Crippen LogP contribution in [0.4, 0.5) is 10.5 Å². The fourth-order valence-electron chi connectivity index (χ4n) is 4.55. The lowest BCUT2D eigenvalue weighted by atomic mass is 9.87. The molecule has 3 atom stereocenters. The Labute approximate surface area is 188 Å². The Bertz CT molecular complexity index is 864. The number of nitrogens with one attached hydrogen (secondary N) is 2. The quantitative estimate of drug-likeness (QED) is 0.621. The minimum atomic E-state index is -1.21. The number of amides is 4. The number of nitrogens with zero attached hydrogens (tertiary/aromatic N) is 2. The number of methoxy groups -OCH3 is 1. The fourth-order valence-corrected chi connectivity index (χ4v) is 4.80. The molecule has 1 aromatic carbocycles. The monoisotopic (exact) mass is 450 g/mol. The Balaban J connectivity index is 1.66. The van der Waals surface area contributed by atoms with Gasteiger partial charge in [0, 0.05) is 49.4 Å². The third-order valence-electron chi connectivity index (χ3n) is 6.16. The number of benzene rings is 1. The van der Waals surface area contributed by atoms with Crippen LogP contribution in [0.2, 0.25) is 5.02 Å². The first-order valence-corrected chi connectivity index (χ1v) is 11.0. The smallest absolute Gasteiger partial charge is 0.322 e. The lowest BCUT2D eigenvalue weighted by molar-refractivity contribution is -0.137. The van der Waals surface area contributed by atoms with Crippen molar-refractivity contribution in [3.63, 3.8) is 0 Å². The molecule has 0 spiro atoms. The van der Waals surface area contributed by atoms with Crippen molar-refractivity contribution in [2.75, 3.05) is 38.3 Å². The Morgan fingerprint density at radius 1 is 1.35 bits per heavy atom. The number of ether oxygens (including phenoxy) is 1. The topological polar surface area (TPSA) is 91.0 Å². The predicted molar refractivity (Wildman–Crippen MR) is 119 cm³/mol. The molecule has 0 saturated carbocycles. The summed E-state index contributed by atoms with van der Waals surface area (Å²) in [7, 11) is 1.47. The average molecular weight is 451 g/mol. The van der Waals surface area contributed by atoms with Gasteiger partial charge in [0.2, 0.25) is 5.91 Å². The standard InChI is InChI=1S/C22H31ClN4O4/c1-5-16-10-17(6-7-18(16)23)27-9-8-26(12-15(27)3)19(28)14(2)11-22(13-31-4)20(29)24-21(30)25-22/h6-7,10,14-15H,5,8-9,11-13H2,1-4H3,(H2,24,25,29,30)/t14?,15-,22?/m0/s1. The highest BCUT2D eigenvalue weighted by Crippen LogP contribution is 2.28. The van der Waals surface area contributed by atoms with Gasteiger partial charge in [0.25, 0.3) is 5.91 Å². The first kappa shape index (κ1) is 23.3. The summed E-state index contributed by atoms with van der Waals surface area (Å²) in [6.45, 7) is 7.88. The number of halogens is 1. The second-order valence-electron chi connectivity index (χ2n) is 8.48. The molecule has 0 bridgehead atoms. The first-order chi connectivity index (χ1) is 14.7. The normalized spacial score (nSPS) is 24.7. The molecule has 2 aliphatic heterocycles. The molecule has 8 nitrogen and oxygen atoms in total. The number of piperazine rings is 1. The van der Waals surface area contributed by atoms with Crippen LogP contribution in [0, 0.1) is 5.92 Å². The Kier molecular flexibility index (Phi) is 7.11. The molecule has 0 radical (unpaired) electrons. The maximum absolute atomic E-state index is 13.2. The van der Waals surface area contributed by atoms with Gasteiger partial charge in [-0.2, -0.15) is 0 Å². The van der Waals surface area contributed by atoms with Crippen molar-refractivity contribution < 1.29 is 19.1 Å². The van der Waals surface area contributed by atoms with Gasteiger partial charge in [0.1, 0.15) is 5.54 Å². The van der Waals surface area contributed by atoms with Crippen molar-refractivity contribution in [2.45, 2.75) is 45.2 Å². The highest BCUT2D eigenvalue weighted by Gasteiger charge is 2.48. The lowest BCUT2D eigenvalue weighted by Crippen LogP contribution is -2.57. The molecule has 2 saturated heterocycles. The van der Waals surface area contributed by atoms with Crippen LogP contribution >= 0.6 is 11.6 Å². The number of carbonyl (C=O) groups excluding carboxylic acids is 3. The number of aryl methyl sites for hydroxylation is 1. The zero-order chi connectivity index (χ0) is 22.8. The van der Waals surface area contributed by atoms with E-state index in [1.54, 1.807) is 6.92 Å². The van der Waals surface area contributed by atoms with Gasteiger partial charge < -0.3 is 19.9 Å². The molecular weight excluding hydrogens is 420 g/mol.